The second kappa shape index (κ2) is 8.40. The van der Waals surface area contributed by atoms with Crippen molar-refractivity contribution in [3.63, 3.8) is 0 Å². The molecule has 2 aromatic carbocycles. The summed E-state index contributed by atoms with van der Waals surface area (Å²) in [4.78, 5) is 20.5. The van der Waals surface area contributed by atoms with Gasteiger partial charge in [-0.3, -0.25) is 4.79 Å². The lowest BCUT2D eigenvalue weighted by atomic mass is 10.1. The molecule has 1 heterocycles. The molecule has 5 nitrogen and oxygen atoms in total. The van der Waals surface area contributed by atoms with Crippen molar-refractivity contribution in [3.05, 3.63) is 83.1 Å². The Morgan fingerprint density at radius 3 is 2.41 bits per heavy atom. The van der Waals surface area contributed by atoms with E-state index in [9.17, 15) is 9.18 Å². The molecule has 2 N–H and O–H groups in total. The van der Waals surface area contributed by atoms with Crippen LogP contribution >= 0.6 is 0 Å². The summed E-state index contributed by atoms with van der Waals surface area (Å²) in [7, 11) is 0. The Kier molecular flexibility index (Phi) is 5.76. The van der Waals surface area contributed by atoms with E-state index < -0.39 is 0 Å². The number of rotatable bonds is 6. The zero-order valence-corrected chi connectivity index (χ0v) is 15.3. The van der Waals surface area contributed by atoms with Crippen molar-refractivity contribution in [2.24, 2.45) is 0 Å². The van der Waals surface area contributed by atoms with Gasteiger partial charge in [0.25, 0.3) is 5.91 Å². The fourth-order valence-corrected chi connectivity index (χ4v) is 2.81. The van der Waals surface area contributed by atoms with Gasteiger partial charge in [0.15, 0.2) is 0 Å². The van der Waals surface area contributed by atoms with Crippen LogP contribution < -0.4 is 10.6 Å². The van der Waals surface area contributed by atoms with Crippen LogP contribution in [-0.4, -0.2) is 22.4 Å². The van der Waals surface area contributed by atoms with Gasteiger partial charge in [0, 0.05) is 18.3 Å². The molecule has 0 saturated heterocycles. The summed E-state index contributed by atoms with van der Waals surface area (Å²) < 4.78 is 12.9. The maximum Gasteiger partial charge on any atom is 0.270 e. The van der Waals surface area contributed by atoms with Gasteiger partial charge < -0.3 is 10.6 Å². The van der Waals surface area contributed by atoms with E-state index in [0.717, 1.165) is 22.4 Å². The first-order valence-corrected chi connectivity index (χ1v) is 8.69. The van der Waals surface area contributed by atoms with E-state index in [1.165, 1.54) is 18.5 Å². The number of aryl methyl sites for hydroxylation is 2. The third kappa shape index (κ3) is 5.34. The van der Waals surface area contributed by atoms with Gasteiger partial charge in [-0.2, -0.15) is 0 Å². The predicted molar refractivity (Wildman–Crippen MR) is 104 cm³/mol. The number of nitrogens with zero attached hydrogens (tertiary/aromatic N) is 2. The van der Waals surface area contributed by atoms with Gasteiger partial charge in [-0.15, -0.1) is 0 Å². The highest BCUT2D eigenvalue weighted by Crippen LogP contribution is 2.18. The molecule has 3 aromatic rings. The topological polar surface area (TPSA) is 66.9 Å². The van der Waals surface area contributed by atoms with E-state index in [1.807, 2.05) is 26.0 Å². The standard InChI is InChI=1S/C21H21FN4O/c1-14-9-15(2)11-18(10-14)26-20-12-19(24-13-25-20)21(27)23-8-7-16-3-5-17(22)6-4-16/h3-6,9-13H,7-8H2,1-2H3,(H,23,27)(H,24,25,26). The van der Waals surface area contributed by atoms with Crippen molar-refractivity contribution >= 4 is 17.4 Å². The van der Waals surface area contributed by atoms with Gasteiger partial charge in [0.2, 0.25) is 0 Å². The van der Waals surface area contributed by atoms with Gasteiger partial charge >= 0.3 is 0 Å². The van der Waals surface area contributed by atoms with Gasteiger partial charge in [0.05, 0.1) is 0 Å². The number of nitrogens with one attached hydrogen (secondary N) is 2. The molecule has 0 bridgehead atoms. The monoisotopic (exact) mass is 364 g/mol. The van der Waals surface area contributed by atoms with E-state index in [-0.39, 0.29) is 17.4 Å². The highest BCUT2D eigenvalue weighted by Gasteiger charge is 2.09. The largest absolute Gasteiger partial charge is 0.350 e. The van der Waals surface area contributed by atoms with Crippen molar-refractivity contribution in [1.82, 2.24) is 15.3 Å². The third-order valence-corrected chi connectivity index (χ3v) is 4.01. The smallest absolute Gasteiger partial charge is 0.270 e. The average Bonchev–Trinajstić information content (AvgIpc) is 2.62. The first kappa shape index (κ1) is 18.5. The van der Waals surface area contributed by atoms with Crippen molar-refractivity contribution in [3.8, 4) is 0 Å². The molecular formula is C21H21FN4O. The Bertz CT molecular complexity index is 921. The van der Waals surface area contributed by atoms with Crippen LogP contribution in [0, 0.1) is 19.7 Å². The van der Waals surface area contributed by atoms with Crippen LogP contribution in [0.5, 0.6) is 0 Å². The van der Waals surface area contributed by atoms with E-state index >= 15 is 0 Å². The van der Waals surface area contributed by atoms with Crippen LogP contribution in [0.2, 0.25) is 0 Å². The minimum Gasteiger partial charge on any atom is -0.350 e. The van der Waals surface area contributed by atoms with Crippen LogP contribution in [0.3, 0.4) is 0 Å². The molecule has 27 heavy (non-hydrogen) atoms. The number of halogens is 1. The molecule has 0 radical (unpaired) electrons. The molecule has 1 aromatic heterocycles. The molecule has 0 aliphatic heterocycles. The molecule has 0 atom stereocenters. The van der Waals surface area contributed by atoms with Crippen molar-refractivity contribution < 1.29 is 9.18 Å². The Labute approximate surface area is 157 Å². The third-order valence-electron chi connectivity index (χ3n) is 4.01. The van der Waals surface area contributed by atoms with E-state index in [0.29, 0.717) is 18.8 Å². The summed E-state index contributed by atoms with van der Waals surface area (Å²) in [6.07, 6.45) is 1.98. The van der Waals surface area contributed by atoms with Crippen molar-refractivity contribution in [2.45, 2.75) is 20.3 Å². The molecule has 0 aliphatic carbocycles. The van der Waals surface area contributed by atoms with Gasteiger partial charge in [-0.05, 0) is 61.2 Å². The second-order valence-corrected chi connectivity index (χ2v) is 6.42. The summed E-state index contributed by atoms with van der Waals surface area (Å²) in [6.45, 7) is 4.49. The van der Waals surface area contributed by atoms with Crippen LogP contribution in [0.15, 0.2) is 54.9 Å². The number of benzene rings is 2. The van der Waals surface area contributed by atoms with E-state index in [4.69, 9.17) is 0 Å². The molecule has 1 amide bonds. The second-order valence-electron chi connectivity index (χ2n) is 6.42. The van der Waals surface area contributed by atoms with E-state index in [1.54, 1.807) is 18.2 Å². The van der Waals surface area contributed by atoms with Crippen LogP contribution in [0.4, 0.5) is 15.9 Å². The van der Waals surface area contributed by atoms with Gasteiger partial charge in [0.1, 0.15) is 23.7 Å². The summed E-state index contributed by atoms with van der Waals surface area (Å²) in [5.74, 6) is 0.00859. The average molecular weight is 364 g/mol. The Hall–Kier alpha value is -3.28. The minimum atomic E-state index is -0.275. The maximum absolute atomic E-state index is 12.9. The fourth-order valence-electron chi connectivity index (χ4n) is 2.81. The van der Waals surface area contributed by atoms with Crippen molar-refractivity contribution in [2.75, 3.05) is 11.9 Å². The lowest BCUT2D eigenvalue weighted by Crippen LogP contribution is -2.26. The molecular weight excluding hydrogens is 343 g/mol. The molecule has 0 unspecified atom stereocenters. The Balaban J connectivity index is 1.60. The number of anilines is 2. The molecule has 0 aliphatic rings. The first-order valence-electron chi connectivity index (χ1n) is 8.69. The number of aromatic nitrogens is 2. The van der Waals surface area contributed by atoms with Crippen LogP contribution in [0.1, 0.15) is 27.2 Å². The van der Waals surface area contributed by atoms with Crippen LogP contribution in [0.25, 0.3) is 0 Å². The number of hydrogen-bond acceptors (Lipinski definition) is 4. The summed E-state index contributed by atoms with van der Waals surface area (Å²) in [5.41, 5.74) is 4.44. The van der Waals surface area contributed by atoms with Gasteiger partial charge in [-0.1, -0.05) is 18.2 Å². The molecule has 3 rings (SSSR count). The summed E-state index contributed by atoms with van der Waals surface area (Å²) in [5, 5.41) is 6.02. The quantitative estimate of drug-likeness (QED) is 0.695. The predicted octanol–water partition coefficient (Wildman–Crippen LogP) is 3.95. The zero-order chi connectivity index (χ0) is 19.2. The zero-order valence-electron chi connectivity index (χ0n) is 15.3. The lowest BCUT2D eigenvalue weighted by molar-refractivity contribution is 0.0949. The Morgan fingerprint density at radius 1 is 1.00 bits per heavy atom. The van der Waals surface area contributed by atoms with Crippen molar-refractivity contribution in [1.29, 1.82) is 0 Å². The Morgan fingerprint density at radius 2 is 1.70 bits per heavy atom. The summed E-state index contributed by atoms with van der Waals surface area (Å²) in [6, 6.07) is 14.0. The molecule has 138 valence electrons. The highest BCUT2D eigenvalue weighted by molar-refractivity contribution is 5.92. The van der Waals surface area contributed by atoms with E-state index in [2.05, 4.69) is 26.7 Å². The molecule has 0 spiro atoms. The SMILES string of the molecule is Cc1cc(C)cc(Nc2cc(C(=O)NCCc3ccc(F)cc3)ncn2)c1. The number of amides is 1. The fraction of sp³-hybridized carbons (Fsp3) is 0.190. The molecule has 6 heteroatoms. The number of carbonyl (C=O) groups excluding carboxylic acids is 1. The van der Waals surface area contributed by atoms with Crippen LogP contribution in [-0.2, 0) is 6.42 Å². The van der Waals surface area contributed by atoms with Gasteiger partial charge in [-0.25, -0.2) is 14.4 Å². The minimum absolute atomic E-state index is 0.271. The molecule has 0 fully saturated rings. The maximum atomic E-state index is 12.9. The number of hydrogen-bond donors (Lipinski definition) is 2. The summed E-state index contributed by atoms with van der Waals surface area (Å²) >= 11 is 0. The normalized spacial score (nSPS) is 10.5. The highest BCUT2D eigenvalue weighted by atomic mass is 19.1. The first-order chi connectivity index (χ1) is 13.0. The lowest BCUT2D eigenvalue weighted by Gasteiger charge is -2.09. The number of carbonyl (C=O) groups is 1. The molecule has 0 saturated carbocycles.